The molecule has 0 saturated heterocycles. The van der Waals surface area contributed by atoms with Crippen molar-refractivity contribution in [3.8, 4) is 0 Å². The van der Waals surface area contributed by atoms with Crippen LogP contribution in [-0.4, -0.2) is 17.3 Å². The lowest BCUT2D eigenvalue weighted by Gasteiger charge is -2.09. The first-order valence-corrected chi connectivity index (χ1v) is 5.83. The van der Waals surface area contributed by atoms with E-state index in [9.17, 15) is 0 Å². The fourth-order valence-electron chi connectivity index (χ4n) is 0.813. The molecular formula is C7H11NS2. The molecule has 0 fully saturated rings. The molecule has 1 heterocycles. The van der Waals surface area contributed by atoms with Crippen LogP contribution in [0.25, 0.3) is 0 Å². The smallest absolute Gasteiger partial charge is 0.101 e. The Hall–Kier alpha value is 0.110. The van der Waals surface area contributed by atoms with E-state index in [2.05, 4.69) is 30.3 Å². The van der Waals surface area contributed by atoms with Gasteiger partial charge in [-0.3, -0.25) is 4.99 Å². The minimum absolute atomic E-state index is 0.486. The first kappa shape index (κ1) is 8.21. The van der Waals surface area contributed by atoms with Crippen LogP contribution in [0.2, 0.25) is 0 Å². The quantitative estimate of drug-likeness (QED) is 0.565. The van der Waals surface area contributed by atoms with E-state index in [-0.39, 0.29) is 0 Å². The van der Waals surface area contributed by atoms with Gasteiger partial charge in [0.2, 0.25) is 0 Å². The third-order valence-corrected chi connectivity index (χ3v) is 2.85. The molecule has 0 spiro atoms. The molecule has 3 heteroatoms. The first-order chi connectivity index (χ1) is 4.83. The molecule has 1 unspecified atom stereocenters. The molecule has 0 aromatic heterocycles. The highest BCUT2D eigenvalue weighted by Crippen LogP contribution is 2.23. The average molecular weight is 173 g/mol. The molecule has 0 saturated carbocycles. The van der Waals surface area contributed by atoms with E-state index in [0.29, 0.717) is 6.04 Å². The molecule has 1 aliphatic rings. The van der Waals surface area contributed by atoms with Crippen molar-refractivity contribution in [2.45, 2.75) is 19.4 Å². The monoisotopic (exact) mass is 173 g/mol. The molecule has 0 amide bonds. The van der Waals surface area contributed by atoms with Gasteiger partial charge in [-0.05, 0) is 36.5 Å². The summed E-state index contributed by atoms with van der Waals surface area (Å²) in [5, 5.41) is 1.16. The number of dihydropyridines is 1. The lowest BCUT2D eigenvalue weighted by molar-refractivity contribution is 0.756. The van der Waals surface area contributed by atoms with Crippen LogP contribution in [0.1, 0.15) is 13.3 Å². The van der Waals surface area contributed by atoms with Crippen LogP contribution in [0, 0.1) is 0 Å². The molecule has 0 radical (unpaired) electrons. The van der Waals surface area contributed by atoms with E-state index in [1.165, 1.54) is 0 Å². The molecule has 10 heavy (non-hydrogen) atoms. The summed E-state index contributed by atoms with van der Waals surface area (Å²) >= 11 is 0. The zero-order chi connectivity index (χ0) is 7.40. The summed E-state index contributed by atoms with van der Waals surface area (Å²) in [4.78, 5) is 4.44. The van der Waals surface area contributed by atoms with Gasteiger partial charge >= 0.3 is 0 Å². The molecule has 0 aliphatic carbocycles. The Kier molecular flexibility index (Phi) is 3.35. The standard InChI is InChI=1S/C7H11NS2/c1-6-4-3-5-7(8-6)10-9-2/h3,5-6H,4H2,1-2H3. The number of aliphatic imine (C=N–C) groups is 1. The van der Waals surface area contributed by atoms with Crippen molar-refractivity contribution in [1.82, 2.24) is 0 Å². The van der Waals surface area contributed by atoms with Crippen LogP contribution in [0.15, 0.2) is 17.1 Å². The number of hydrogen-bond donors (Lipinski definition) is 0. The van der Waals surface area contributed by atoms with Crippen molar-refractivity contribution in [1.29, 1.82) is 0 Å². The highest BCUT2D eigenvalue weighted by Gasteiger charge is 2.04. The van der Waals surface area contributed by atoms with Gasteiger partial charge in [-0.15, -0.1) is 0 Å². The maximum atomic E-state index is 4.44. The molecule has 0 N–H and O–H groups in total. The Morgan fingerprint density at radius 2 is 2.50 bits per heavy atom. The van der Waals surface area contributed by atoms with Crippen molar-refractivity contribution in [3.05, 3.63) is 12.2 Å². The van der Waals surface area contributed by atoms with Gasteiger partial charge in [-0.1, -0.05) is 16.9 Å². The largest absolute Gasteiger partial charge is 0.274 e. The molecular weight excluding hydrogens is 162 g/mol. The van der Waals surface area contributed by atoms with Crippen molar-refractivity contribution in [2.75, 3.05) is 6.26 Å². The minimum Gasteiger partial charge on any atom is -0.274 e. The Labute approximate surface area is 69.8 Å². The van der Waals surface area contributed by atoms with E-state index in [0.717, 1.165) is 11.5 Å². The van der Waals surface area contributed by atoms with Crippen molar-refractivity contribution in [3.63, 3.8) is 0 Å². The van der Waals surface area contributed by atoms with E-state index in [1.54, 1.807) is 21.6 Å². The summed E-state index contributed by atoms with van der Waals surface area (Å²) in [6.45, 7) is 2.14. The molecule has 0 bridgehead atoms. The first-order valence-electron chi connectivity index (χ1n) is 3.28. The Bertz CT molecular complexity index is 163. The number of hydrogen-bond acceptors (Lipinski definition) is 3. The van der Waals surface area contributed by atoms with Crippen molar-refractivity contribution in [2.24, 2.45) is 4.99 Å². The highest BCUT2D eigenvalue weighted by atomic mass is 33.1. The van der Waals surface area contributed by atoms with Crippen LogP contribution >= 0.6 is 21.6 Å². The van der Waals surface area contributed by atoms with Gasteiger partial charge in [-0.2, -0.15) is 0 Å². The van der Waals surface area contributed by atoms with E-state index in [1.807, 2.05) is 0 Å². The Morgan fingerprint density at radius 1 is 1.70 bits per heavy atom. The minimum atomic E-state index is 0.486. The molecule has 1 aliphatic heterocycles. The van der Waals surface area contributed by atoms with Gasteiger partial charge in [-0.25, -0.2) is 0 Å². The van der Waals surface area contributed by atoms with Gasteiger partial charge in [0, 0.05) is 0 Å². The summed E-state index contributed by atoms with van der Waals surface area (Å²) in [6.07, 6.45) is 7.45. The number of rotatable bonds is 1. The molecule has 0 aromatic carbocycles. The molecule has 56 valence electrons. The molecule has 1 rings (SSSR count). The SMILES string of the molecule is CSSC1=NC(C)CC=C1. The molecule has 1 nitrogen and oxygen atoms in total. The summed E-state index contributed by atoms with van der Waals surface area (Å²) in [5.41, 5.74) is 0. The van der Waals surface area contributed by atoms with Crippen molar-refractivity contribution >= 4 is 26.6 Å². The van der Waals surface area contributed by atoms with Crippen LogP contribution in [0.5, 0.6) is 0 Å². The third kappa shape index (κ3) is 2.39. The second-order valence-corrected chi connectivity index (χ2v) is 4.62. The summed E-state index contributed by atoms with van der Waals surface area (Å²) < 4.78 is 0. The second kappa shape index (κ2) is 4.09. The lowest BCUT2D eigenvalue weighted by atomic mass is 10.2. The van der Waals surface area contributed by atoms with Gasteiger partial charge in [0.25, 0.3) is 0 Å². The average Bonchev–Trinajstić information content (AvgIpc) is 1.88. The lowest BCUT2D eigenvalue weighted by Crippen LogP contribution is -2.03. The second-order valence-electron chi connectivity index (χ2n) is 2.20. The van der Waals surface area contributed by atoms with Gasteiger partial charge in [0.05, 0.1) is 6.04 Å². The normalized spacial score (nSPS) is 24.6. The zero-order valence-electron chi connectivity index (χ0n) is 6.20. The third-order valence-electron chi connectivity index (χ3n) is 1.25. The van der Waals surface area contributed by atoms with Crippen LogP contribution < -0.4 is 0 Å². The van der Waals surface area contributed by atoms with Gasteiger partial charge in [0.1, 0.15) is 5.04 Å². The van der Waals surface area contributed by atoms with Crippen LogP contribution in [0.3, 0.4) is 0 Å². The number of nitrogens with zero attached hydrogens (tertiary/aromatic N) is 1. The van der Waals surface area contributed by atoms with E-state index in [4.69, 9.17) is 0 Å². The Balaban J connectivity index is 2.49. The molecule has 1 atom stereocenters. The van der Waals surface area contributed by atoms with Crippen LogP contribution in [-0.2, 0) is 0 Å². The summed E-state index contributed by atoms with van der Waals surface area (Å²) in [7, 11) is 3.48. The van der Waals surface area contributed by atoms with E-state index < -0.39 is 0 Å². The molecule has 0 aromatic rings. The zero-order valence-corrected chi connectivity index (χ0v) is 7.84. The fourth-order valence-corrected chi connectivity index (χ4v) is 2.17. The van der Waals surface area contributed by atoms with Crippen LogP contribution in [0.4, 0.5) is 0 Å². The summed E-state index contributed by atoms with van der Waals surface area (Å²) in [6, 6.07) is 0.486. The maximum absolute atomic E-state index is 4.44. The Morgan fingerprint density at radius 3 is 3.10 bits per heavy atom. The van der Waals surface area contributed by atoms with Gasteiger partial charge < -0.3 is 0 Å². The topological polar surface area (TPSA) is 12.4 Å². The highest BCUT2D eigenvalue weighted by molar-refractivity contribution is 8.82. The van der Waals surface area contributed by atoms with Crippen molar-refractivity contribution < 1.29 is 0 Å². The fraction of sp³-hybridized carbons (Fsp3) is 0.571. The predicted octanol–water partition coefficient (Wildman–Crippen LogP) is 2.74. The van der Waals surface area contributed by atoms with E-state index >= 15 is 0 Å². The maximum Gasteiger partial charge on any atom is 0.101 e. The predicted molar refractivity (Wildman–Crippen MR) is 51.8 cm³/mol. The summed E-state index contributed by atoms with van der Waals surface area (Å²) in [5.74, 6) is 0. The van der Waals surface area contributed by atoms with Gasteiger partial charge in [0.15, 0.2) is 0 Å².